The molecule has 0 aliphatic carbocycles. The molecule has 2 saturated heterocycles. The van der Waals surface area contributed by atoms with Gasteiger partial charge in [-0.3, -0.25) is 9.59 Å². The normalized spacial score (nSPS) is 25.1. The largest absolute Gasteiger partial charge is 0.340 e. The molecule has 2 unspecified atom stereocenters. The summed E-state index contributed by atoms with van der Waals surface area (Å²) in [6.45, 7) is 0.582. The number of hydrogen-bond acceptors (Lipinski definition) is 4. The molecule has 0 aromatic heterocycles. The Morgan fingerprint density at radius 3 is 2.56 bits per heavy atom. The number of rotatable bonds is 4. The van der Waals surface area contributed by atoms with Gasteiger partial charge in [-0.25, -0.2) is 8.42 Å². The van der Waals surface area contributed by atoms with Gasteiger partial charge < -0.3 is 9.80 Å². The van der Waals surface area contributed by atoms with Crippen molar-refractivity contribution < 1.29 is 18.0 Å². The molecule has 1 aromatic carbocycles. The zero-order chi connectivity index (χ0) is 18.0. The minimum atomic E-state index is -3.04. The van der Waals surface area contributed by atoms with Crippen LogP contribution in [0.15, 0.2) is 30.3 Å². The monoisotopic (exact) mass is 364 g/mol. The molecule has 0 radical (unpaired) electrons. The SMILES string of the molecule is CN(C(=O)C1CCCN1C(=O)Cc1ccccc1)C1CCS(=O)(=O)C1. The Hall–Kier alpha value is -1.89. The summed E-state index contributed by atoms with van der Waals surface area (Å²) in [4.78, 5) is 28.7. The van der Waals surface area contributed by atoms with Crippen molar-refractivity contribution in [2.24, 2.45) is 0 Å². The number of likely N-dealkylation sites (N-methyl/N-ethyl adjacent to an activating group) is 1. The summed E-state index contributed by atoms with van der Waals surface area (Å²) < 4.78 is 23.3. The van der Waals surface area contributed by atoms with E-state index in [4.69, 9.17) is 0 Å². The van der Waals surface area contributed by atoms with E-state index in [2.05, 4.69) is 0 Å². The maximum absolute atomic E-state index is 12.8. The first-order chi connectivity index (χ1) is 11.9. The topological polar surface area (TPSA) is 74.8 Å². The van der Waals surface area contributed by atoms with E-state index in [1.54, 1.807) is 16.8 Å². The molecule has 136 valence electrons. The molecule has 7 heteroatoms. The molecule has 0 spiro atoms. The van der Waals surface area contributed by atoms with Crippen LogP contribution in [0.3, 0.4) is 0 Å². The lowest BCUT2D eigenvalue weighted by Crippen LogP contribution is -2.50. The van der Waals surface area contributed by atoms with Gasteiger partial charge in [0.05, 0.1) is 17.9 Å². The van der Waals surface area contributed by atoms with Crippen LogP contribution in [0.5, 0.6) is 0 Å². The van der Waals surface area contributed by atoms with Crippen LogP contribution in [-0.2, 0) is 25.8 Å². The van der Waals surface area contributed by atoms with Crippen molar-refractivity contribution in [1.82, 2.24) is 9.80 Å². The van der Waals surface area contributed by atoms with Crippen molar-refractivity contribution in [3.05, 3.63) is 35.9 Å². The molecule has 2 amide bonds. The lowest BCUT2D eigenvalue weighted by Gasteiger charge is -2.31. The Balaban J connectivity index is 1.66. The molecule has 2 atom stereocenters. The first kappa shape index (κ1) is 17.9. The average Bonchev–Trinajstić information content (AvgIpc) is 3.21. The summed E-state index contributed by atoms with van der Waals surface area (Å²) in [5.74, 6) is -0.0215. The molecule has 6 nitrogen and oxygen atoms in total. The van der Waals surface area contributed by atoms with E-state index in [0.717, 1.165) is 12.0 Å². The van der Waals surface area contributed by atoms with Crippen molar-refractivity contribution >= 4 is 21.7 Å². The summed E-state index contributed by atoms with van der Waals surface area (Å²) >= 11 is 0. The Bertz CT molecular complexity index is 748. The van der Waals surface area contributed by atoms with Crippen molar-refractivity contribution in [3.8, 4) is 0 Å². The molecule has 1 aromatic rings. The van der Waals surface area contributed by atoms with E-state index in [-0.39, 0.29) is 35.8 Å². The predicted molar refractivity (Wildman–Crippen MR) is 94.7 cm³/mol. The summed E-state index contributed by atoms with van der Waals surface area (Å²) in [7, 11) is -1.38. The second-order valence-corrected chi connectivity index (χ2v) is 9.14. The molecule has 2 fully saturated rings. The molecule has 0 saturated carbocycles. The van der Waals surface area contributed by atoms with Gasteiger partial charge in [-0.2, -0.15) is 0 Å². The zero-order valence-corrected chi connectivity index (χ0v) is 15.2. The Morgan fingerprint density at radius 1 is 1.20 bits per heavy atom. The minimum absolute atomic E-state index is 0.0277. The van der Waals surface area contributed by atoms with Crippen LogP contribution in [0.1, 0.15) is 24.8 Å². The summed E-state index contributed by atoms with van der Waals surface area (Å²) in [5, 5.41) is 0. The number of carbonyl (C=O) groups is 2. The third kappa shape index (κ3) is 4.03. The number of amides is 2. The molecular formula is C18H24N2O4S. The molecule has 0 bridgehead atoms. The third-order valence-electron chi connectivity index (χ3n) is 5.16. The van der Waals surface area contributed by atoms with Crippen LogP contribution in [0.25, 0.3) is 0 Å². The van der Waals surface area contributed by atoms with E-state index < -0.39 is 15.9 Å². The highest BCUT2D eigenvalue weighted by molar-refractivity contribution is 7.91. The fourth-order valence-corrected chi connectivity index (χ4v) is 5.46. The van der Waals surface area contributed by atoms with Gasteiger partial charge in [-0.15, -0.1) is 0 Å². The highest BCUT2D eigenvalue weighted by atomic mass is 32.2. The van der Waals surface area contributed by atoms with Crippen LogP contribution in [0.4, 0.5) is 0 Å². The third-order valence-corrected chi connectivity index (χ3v) is 6.91. The Labute approximate surface area is 148 Å². The van der Waals surface area contributed by atoms with E-state index in [0.29, 0.717) is 19.4 Å². The molecule has 2 aliphatic heterocycles. The number of nitrogens with zero attached hydrogens (tertiary/aromatic N) is 2. The van der Waals surface area contributed by atoms with Crippen molar-refractivity contribution in [3.63, 3.8) is 0 Å². The molecule has 2 heterocycles. The first-order valence-electron chi connectivity index (χ1n) is 8.68. The van der Waals surface area contributed by atoms with Crippen LogP contribution >= 0.6 is 0 Å². The average molecular weight is 364 g/mol. The van der Waals surface area contributed by atoms with Gasteiger partial charge in [0.2, 0.25) is 11.8 Å². The Kier molecular flexibility index (Phi) is 5.13. The highest BCUT2D eigenvalue weighted by Gasteiger charge is 2.39. The second kappa shape index (κ2) is 7.15. The fraction of sp³-hybridized carbons (Fsp3) is 0.556. The lowest BCUT2D eigenvalue weighted by molar-refractivity contribution is -0.143. The maximum Gasteiger partial charge on any atom is 0.245 e. The van der Waals surface area contributed by atoms with Gasteiger partial charge in [0, 0.05) is 19.6 Å². The number of hydrogen-bond donors (Lipinski definition) is 0. The van der Waals surface area contributed by atoms with Gasteiger partial charge in [0.1, 0.15) is 6.04 Å². The van der Waals surface area contributed by atoms with Crippen LogP contribution in [0.2, 0.25) is 0 Å². The van der Waals surface area contributed by atoms with Crippen molar-refractivity contribution in [2.45, 2.75) is 37.8 Å². The number of likely N-dealkylation sites (tertiary alicyclic amines) is 1. The van der Waals surface area contributed by atoms with Crippen molar-refractivity contribution in [1.29, 1.82) is 0 Å². The first-order valence-corrected chi connectivity index (χ1v) is 10.5. The van der Waals surface area contributed by atoms with E-state index >= 15 is 0 Å². The number of sulfone groups is 1. The molecule has 2 aliphatic rings. The summed E-state index contributed by atoms with van der Waals surface area (Å²) in [6.07, 6.45) is 2.21. The van der Waals surface area contributed by atoms with E-state index in [9.17, 15) is 18.0 Å². The van der Waals surface area contributed by atoms with Gasteiger partial charge in [0.15, 0.2) is 9.84 Å². The van der Waals surface area contributed by atoms with Crippen LogP contribution < -0.4 is 0 Å². The molecule has 25 heavy (non-hydrogen) atoms. The second-order valence-electron chi connectivity index (χ2n) is 6.91. The molecular weight excluding hydrogens is 340 g/mol. The fourth-order valence-electron chi connectivity index (χ4n) is 3.69. The highest BCUT2D eigenvalue weighted by Crippen LogP contribution is 2.24. The van der Waals surface area contributed by atoms with Gasteiger partial charge in [-0.05, 0) is 24.8 Å². The molecule has 0 N–H and O–H groups in total. The standard InChI is InChI=1S/C18H24N2O4S/c1-19(15-9-11-25(23,24)13-15)18(22)16-8-5-10-20(16)17(21)12-14-6-3-2-4-7-14/h2-4,6-7,15-16H,5,8-13H2,1H3. The lowest BCUT2D eigenvalue weighted by atomic mass is 10.1. The number of carbonyl (C=O) groups excluding carboxylic acids is 2. The van der Waals surface area contributed by atoms with Crippen LogP contribution in [0, 0.1) is 0 Å². The van der Waals surface area contributed by atoms with Gasteiger partial charge >= 0.3 is 0 Å². The van der Waals surface area contributed by atoms with Crippen molar-refractivity contribution in [2.75, 3.05) is 25.1 Å². The molecule has 3 rings (SSSR count). The quantitative estimate of drug-likeness (QED) is 0.794. The van der Waals surface area contributed by atoms with E-state index in [1.165, 1.54) is 0 Å². The Morgan fingerprint density at radius 2 is 1.92 bits per heavy atom. The van der Waals surface area contributed by atoms with Gasteiger partial charge in [-0.1, -0.05) is 30.3 Å². The van der Waals surface area contributed by atoms with Gasteiger partial charge in [0.25, 0.3) is 0 Å². The smallest absolute Gasteiger partial charge is 0.245 e. The number of benzene rings is 1. The maximum atomic E-state index is 12.8. The summed E-state index contributed by atoms with van der Waals surface area (Å²) in [5.41, 5.74) is 0.931. The van der Waals surface area contributed by atoms with Crippen LogP contribution in [-0.4, -0.2) is 67.2 Å². The zero-order valence-electron chi connectivity index (χ0n) is 14.4. The predicted octanol–water partition coefficient (Wildman–Crippen LogP) is 0.866. The van der Waals surface area contributed by atoms with E-state index in [1.807, 2.05) is 30.3 Å². The minimum Gasteiger partial charge on any atom is -0.340 e. The summed E-state index contributed by atoms with van der Waals surface area (Å²) in [6, 6.07) is 8.75.